The van der Waals surface area contributed by atoms with Gasteiger partial charge in [0.25, 0.3) is 0 Å². The molecule has 0 aromatic heterocycles. The van der Waals surface area contributed by atoms with Gasteiger partial charge < -0.3 is 5.11 Å². The lowest BCUT2D eigenvalue weighted by atomic mass is 9.69. The van der Waals surface area contributed by atoms with Crippen LogP contribution in [0.1, 0.15) is 57.8 Å². The quantitative estimate of drug-likeness (QED) is 0.699. The third-order valence-corrected chi connectivity index (χ3v) is 3.92. The van der Waals surface area contributed by atoms with Gasteiger partial charge in [0, 0.05) is 12.3 Å². The fourth-order valence-corrected chi connectivity index (χ4v) is 3.06. The standard InChI is InChI=1S/C12H20O2/c13-11-7-3-2-6-10(11)12(14)8-4-1-5-9-12/h10,14H,1-9H2/t10-/m1/s1. The van der Waals surface area contributed by atoms with E-state index in [4.69, 9.17) is 0 Å². The zero-order chi connectivity index (χ0) is 10.0. The van der Waals surface area contributed by atoms with Crippen LogP contribution in [0.2, 0.25) is 0 Å². The minimum atomic E-state index is -0.629. The highest BCUT2D eigenvalue weighted by atomic mass is 16.3. The van der Waals surface area contributed by atoms with Crippen LogP contribution in [0.4, 0.5) is 0 Å². The van der Waals surface area contributed by atoms with E-state index in [0.29, 0.717) is 12.2 Å². The number of rotatable bonds is 1. The van der Waals surface area contributed by atoms with Crippen LogP contribution in [0.25, 0.3) is 0 Å². The van der Waals surface area contributed by atoms with Crippen LogP contribution in [-0.4, -0.2) is 16.5 Å². The monoisotopic (exact) mass is 196 g/mol. The number of Topliss-reactive ketones (excluding diaryl/α,β-unsaturated/α-hetero) is 1. The van der Waals surface area contributed by atoms with Crippen molar-refractivity contribution in [2.24, 2.45) is 5.92 Å². The Hall–Kier alpha value is -0.370. The second-order valence-corrected chi connectivity index (χ2v) is 4.93. The Bertz CT molecular complexity index is 216. The Kier molecular flexibility index (Phi) is 2.91. The molecule has 0 spiro atoms. The maximum absolute atomic E-state index is 11.7. The molecule has 2 aliphatic carbocycles. The molecule has 2 saturated carbocycles. The fourth-order valence-electron chi connectivity index (χ4n) is 3.06. The second kappa shape index (κ2) is 4.01. The highest BCUT2D eigenvalue weighted by molar-refractivity contribution is 5.82. The van der Waals surface area contributed by atoms with Crippen molar-refractivity contribution in [2.75, 3.05) is 0 Å². The van der Waals surface area contributed by atoms with Gasteiger partial charge in [-0.25, -0.2) is 0 Å². The summed E-state index contributed by atoms with van der Waals surface area (Å²) in [5.41, 5.74) is -0.629. The Morgan fingerprint density at radius 3 is 2.43 bits per heavy atom. The zero-order valence-corrected chi connectivity index (χ0v) is 8.80. The van der Waals surface area contributed by atoms with Crippen molar-refractivity contribution in [3.05, 3.63) is 0 Å². The predicted octanol–water partition coefficient (Wildman–Crippen LogP) is 2.44. The van der Waals surface area contributed by atoms with Crippen LogP contribution < -0.4 is 0 Å². The lowest BCUT2D eigenvalue weighted by molar-refractivity contribution is -0.138. The molecule has 1 N–H and O–H groups in total. The van der Waals surface area contributed by atoms with Crippen molar-refractivity contribution < 1.29 is 9.90 Å². The van der Waals surface area contributed by atoms with Gasteiger partial charge in [0.05, 0.1) is 5.60 Å². The third-order valence-electron chi connectivity index (χ3n) is 3.92. The number of hydrogen-bond donors (Lipinski definition) is 1. The highest BCUT2D eigenvalue weighted by Crippen LogP contribution is 2.39. The molecule has 2 nitrogen and oxygen atoms in total. The summed E-state index contributed by atoms with van der Waals surface area (Å²) in [4.78, 5) is 11.7. The smallest absolute Gasteiger partial charge is 0.138 e. The lowest BCUT2D eigenvalue weighted by Gasteiger charge is -2.40. The van der Waals surface area contributed by atoms with Gasteiger partial charge in [0.1, 0.15) is 5.78 Å². The number of carbonyl (C=O) groups excluding carboxylic acids is 1. The van der Waals surface area contributed by atoms with Crippen molar-refractivity contribution in [2.45, 2.75) is 63.4 Å². The van der Waals surface area contributed by atoms with E-state index in [1.54, 1.807) is 0 Å². The van der Waals surface area contributed by atoms with Crippen LogP contribution in [0.15, 0.2) is 0 Å². The van der Waals surface area contributed by atoms with Gasteiger partial charge in [-0.15, -0.1) is 0 Å². The van der Waals surface area contributed by atoms with E-state index in [0.717, 1.165) is 44.9 Å². The van der Waals surface area contributed by atoms with E-state index in [1.165, 1.54) is 6.42 Å². The normalized spacial score (nSPS) is 32.9. The summed E-state index contributed by atoms with van der Waals surface area (Å²) < 4.78 is 0. The predicted molar refractivity (Wildman–Crippen MR) is 55.0 cm³/mol. The molecule has 0 amide bonds. The van der Waals surface area contributed by atoms with Crippen LogP contribution in [0.5, 0.6) is 0 Å². The maximum Gasteiger partial charge on any atom is 0.138 e. The van der Waals surface area contributed by atoms with Gasteiger partial charge in [-0.05, 0) is 25.7 Å². The van der Waals surface area contributed by atoms with Crippen molar-refractivity contribution in [1.82, 2.24) is 0 Å². The molecule has 1 atom stereocenters. The summed E-state index contributed by atoms with van der Waals surface area (Å²) in [6, 6.07) is 0. The molecule has 0 radical (unpaired) electrons. The van der Waals surface area contributed by atoms with E-state index in [1.807, 2.05) is 0 Å². The molecular weight excluding hydrogens is 176 g/mol. The largest absolute Gasteiger partial charge is 0.389 e. The average molecular weight is 196 g/mol. The molecule has 2 rings (SSSR count). The van der Waals surface area contributed by atoms with E-state index in [2.05, 4.69) is 0 Å². The molecule has 14 heavy (non-hydrogen) atoms. The number of carbonyl (C=O) groups is 1. The lowest BCUT2D eigenvalue weighted by Crippen LogP contribution is -2.45. The number of ketones is 1. The average Bonchev–Trinajstić information content (AvgIpc) is 2.19. The summed E-state index contributed by atoms with van der Waals surface area (Å²) in [7, 11) is 0. The highest BCUT2D eigenvalue weighted by Gasteiger charge is 2.42. The van der Waals surface area contributed by atoms with Gasteiger partial charge >= 0.3 is 0 Å². The zero-order valence-electron chi connectivity index (χ0n) is 8.80. The van der Waals surface area contributed by atoms with Gasteiger partial charge in [-0.3, -0.25) is 4.79 Å². The molecule has 0 bridgehead atoms. The fraction of sp³-hybridized carbons (Fsp3) is 0.917. The topological polar surface area (TPSA) is 37.3 Å². The molecule has 0 aromatic carbocycles. The summed E-state index contributed by atoms with van der Waals surface area (Å²) in [5.74, 6) is 0.289. The van der Waals surface area contributed by atoms with Crippen molar-refractivity contribution in [3.63, 3.8) is 0 Å². The van der Waals surface area contributed by atoms with Gasteiger partial charge in [0.2, 0.25) is 0 Å². The minimum absolute atomic E-state index is 0.0310. The Balaban J connectivity index is 2.06. The van der Waals surface area contributed by atoms with E-state index in [-0.39, 0.29) is 5.92 Å². The Morgan fingerprint density at radius 2 is 1.79 bits per heavy atom. The van der Waals surface area contributed by atoms with Crippen LogP contribution >= 0.6 is 0 Å². The minimum Gasteiger partial charge on any atom is -0.389 e. The van der Waals surface area contributed by atoms with Crippen molar-refractivity contribution >= 4 is 5.78 Å². The van der Waals surface area contributed by atoms with Crippen molar-refractivity contribution in [3.8, 4) is 0 Å². The molecular formula is C12H20O2. The molecule has 0 heterocycles. The molecule has 80 valence electrons. The molecule has 0 saturated heterocycles. The Labute approximate surface area is 85.7 Å². The number of hydrogen-bond acceptors (Lipinski definition) is 2. The molecule has 0 aromatic rings. The number of aliphatic hydroxyl groups is 1. The summed E-state index contributed by atoms with van der Waals surface area (Å²) in [6.07, 6.45) is 8.91. The summed E-state index contributed by atoms with van der Waals surface area (Å²) >= 11 is 0. The first-order chi connectivity index (χ1) is 6.72. The van der Waals surface area contributed by atoms with Crippen LogP contribution in [-0.2, 0) is 4.79 Å². The van der Waals surface area contributed by atoms with Gasteiger partial charge in [-0.2, -0.15) is 0 Å². The van der Waals surface area contributed by atoms with Gasteiger partial charge in [0.15, 0.2) is 0 Å². The first-order valence-electron chi connectivity index (χ1n) is 5.97. The summed E-state index contributed by atoms with van der Waals surface area (Å²) in [6.45, 7) is 0. The van der Waals surface area contributed by atoms with Crippen LogP contribution in [0.3, 0.4) is 0 Å². The second-order valence-electron chi connectivity index (χ2n) is 4.93. The summed E-state index contributed by atoms with van der Waals surface area (Å²) in [5, 5.41) is 10.4. The molecule has 2 heteroatoms. The first kappa shape index (κ1) is 10.2. The maximum atomic E-state index is 11.7. The molecule has 0 aliphatic heterocycles. The third kappa shape index (κ3) is 1.85. The van der Waals surface area contributed by atoms with E-state index < -0.39 is 5.60 Å². The SMILES string of the molecule is O=C1CCCC[C@H]1C1(O)CCCCC1. The molecule has 2 aliphatic rings. The molecule has 2 fully saturated rings. The molecule has 0 unspecified atom stereocenters. The first-order valence-corrected chi connectivity index (χ1v) is 5.97. The van der Waals surface area contributed by atoms with Crippen molar-refractivity contribution in [1.29, 1.82) is 0 Å². The van der Waals surface area contributed by atoms with Crippen LogP contribution in [0, 0.1) is 5.92 Å². The van der Waals surface area contributed by atoms with E-state index in [9.17, 15) is 9.90 Å². The Morgan fingerprint density at radius 1 is 1.07 bits per heavy atom. The van der Waals surface area contributed by atoms with Gasteiger partial charge in [-0.1, -0.05) is 25.7 Å². The van der Waals surface area contributed by atoms with E-state index >= 15 is 0 Å².